The van der Waals surface area contributed by atoms with Crippen molar-refractivity contribution < 1.29 is 40.6 Å². The Balaban J connectivity index is 1.69. The average Bonchev–Trinajstić information content (AvgIpc) is 3.21. The third-order valence-electron chi connectivity index (χ3n) is 5.76. The Bertz CT molecular complexity index is 1390. The van der Waals surface area contributed by atoms with E-state index in [1.807, 2.05) is 0 Å². The van der Waals surface area contributed by atoms with E-state index in [0.29, 0.717) is 0 Å². The second-order valence-electron chi connectivity index (χ2n) is 7.94. The molecule has 194 valence electrons. The van der Waals surface area contributed by atoms with Crippen LogP contribution in [-0.4, -0.2) is 73.5 Å². The summed E-state index contributed by atoms with van der Waals surface area (Å²) in [5.41, 5.74) is -0.00785. The number of benzene rings is 2. The fourth-order valence-electron chi connectivity index (χ4n) is 3.94. The van der Waals surface area contributed by atoms with Crippen LogP contribution >= 0.6 is 0 Å². The number of hydrogen-bond acceptors (Lipinski definition) is 9. The van der Waals surface area contributed by atoms with Gasteiger partial charge in [-0.25, -0.2) is 21.7 Å². The Labute approximate surface area is 208 Å². The largest absolute Gasteiger partial charge is 0.495 e. The maximum absolute atomic E-state index is 13.2. The third-order valence-corrected chi connectivity index (χ3v) is 9.06. The van der Waals surface area contributed by atoms with Gasteiger partial charge in [0, 0.05) is 25.9 Å². The lowest BCUT2D eigenvalue weighted by atomic mass is 10.2. The average molecular weight is 540 g/mol. The molecule has 1 N–H and O–H groups in total. The van der Waals surface area contributed by atoms with Crippen molar-refractivity contribution in [2.24, 2.45) is 0 Å². The molecule has 4 rings (SSSR count). The topological polar surface area (TPSA) is 149 Å². The molecule has 2 amide bonds. The first-order chi connectivity index (χ1) is 17.1. The first kappa shape index (κ1) is 25.9. The Hall–Kier alpha value is -3.20. The van der Waals surface area contributed by atoms with Crippen molar-refractivity contribution in [1.29, 1.82) is 0 Å². The normalized spacial score (nSPS) is 17.3. The number of rotatable bonds is 8. The standard InChI is InChI=1S/C22H25N3O9S2/c1-32-18-6-4-16(14-17(18)25-21(26)7-8-22(25)27)35(28,29)23-15-3-5-19(33-2)20(13-15)36(30,31)24-9-11-34-12-10-24/h3-6,13-14,23H,7-12H2,1-2H3. The molecule has 0 atom stereocenters. The predicted octanol–water partition coefficient (Wildman–Crippen LogP) is 1.18. The van der Waals surface area contributed by atoms with Crippen LogP contribution in [0, 0.1) is 0 Å². The molecule has 2 saturated heterocycles. The number of methoxy groups -OCH3 is 2. The van der Waals surface area contributed by atoms with Crippen molar-refractivity contribution >= 4 is 43.2 Å². The van der Waals surface area contributed by atoms with E-state index < -0.39 is 31.9 Å². The van der Waals surface area contributed by atoms with Crippen LogP contribution in [0.15, 0.2) is 46.2 Å². The number of hydrogen-bond donors (Lipinski definition) is 1. The van der Waals surface area contributed by atoms with E-state index in [4.69, 9.17) is 14.2 Å². The summed E-state index contributed by atoms with van der Waals surface area (Å²) in [4.78, 5) is 24.9. The lowest BCUT2D eigenvalue weighted by Gasteiger charge is -2.27. The van der Waals surface area contributed by atoms with Gasteiger partial charge in [0.2, 0.25) is 21.8 Å². The van der Waals surface area contributed by atoms with Gasteiger partial charge in [-0.3, -0.25) is 14.3 Å². The van der Waals surface area contributed by atoms with Gasteiger partial charge in [-0.1, -0.05) is 0 Å². The van der Waals surface area contributed by atoms with Gasteiger partial charge in [-0.15, -0.1) is 0 Å². The molecule has 2 aliphatic rings. The maximum Gasteiger partial charge on any atom is 0.261 e. The summed E-state index contributed by atoms with van der Waals surface area (Å²) >= 11 is 0. The Morgan fingerprint density at radius 2 is 1.47 bits per heavy atom. The van der Waals surface area contributed by atoms with E-state index in [-0.39, 0.29) is 71.8 Å². The second kappa shape index (κ2) is 10.0. The minimum Gasteiger partial charge on any atom is -0.495 e. The van der Waals surface area contributed by atoms with Crippen LogP contribution in [0.1, 0.15) is 12.8 Å². The number of anilines is 2. The van der Waals surface area contributed by atoms with Crippen LogP contribution in [-0.2, 0) is 34.4 Å². The first-order valence-electron chi connectivity index (χ1n) is 10.9. The molecule has 2 fully saturated rings. The maximum atomic E-state index is 13.2. The van der Waals surface area contributed by atoms with Crippen LogP contribution < -0.4 is 19.1 Å². The minimum absolute atomic E-state index is 0.0122. The molecular weight excluding hydrogens is 514 g/mol. The molecule has 2 heterocycles. The summed E-state index contributed by atoms with van der Waals surface area (Å²) in [5.74, 6) is -0.717. The number of carbonyl (C=O) groups excluding carboxylic acids is 2. The molecule has 2 aliphatic heterocycles. The summed E-state index contributed by atoms with van der Waals surface area (Å²) in [7, 11) is -5.59. The van der Waals surface area contributed by atoms with Crippen molar-refractivity contribution in [2.75, 3.05) is 50.1 Å². The molecule has 36 heavy (non-hydrogen) atoms. The van der Waals surface area contributed by atoms with Crippen LogP contribution in [0.5, 0.6) is 11.5 Å². The molecule has 0 saturated carbocycles. The lowest BCUT2D eigenvalue weighted by molar-refractivity contribution is -0.121. The first-order valence-corrected chi connectivity index (χ1v) is 13.8. The zero-order chi connectivity index (χ0) is 26.1. The Morgan fingerprint density at radius 3 is 2.08 bits per heavy atom. The molecule has 0 aromatic heterocycles. The van der Waals surface area contributed by atoms with Gasteiger partial charge in [0.15, 0.2) is 0 Å². The fourth-order valence-corrected chi connectivity index (χ4v) is 6.60. The van der Waals surface area contributed by atoms with Crippen molar-refractivity contribution in [3.8, 4) is 11.5 Å². The van der Waals surface area contributed by atoms with E-state index in [1.165, 1.54) is 48.9 Å². The highest BCUT2D eigenvalue weighted by Crippen LogP contribution is 2.35. The van der Waals surface area contributed by atoms with E-state index in [2.05, 4.69) is 4.72 Å². The monoisotopic (exact) mass is 539 g/mol. The van der Waals surface area contributed by atoms with E-state index in [1.54, 1.807) is 0 Å². The van der Waals surface area contributed by atoms with Crippen molar-refractivity contribution in [1.82, 2.24) is 4.31 Å². The van der Waals surface area contributed by atoms with Crippen molar-refractivity contribution in [3.63, 3.8) is 0 Å². The highest BCUT2D eigenvalue weighted by Gasteiger charge is 2.34. The zero-order valence-electron chi connectivity index (χ0n) is 19.6. The number of amides is 2. The number of nitrogens with zero attached hydrogens (tertiary/aromatic N) is 2. The summed E-state index contributed by atoms with van der Waals surface area (Å²) in [6.07, 6.45) is 0.0346. The summed E-state index contributed by atoms with van der Waals surface area (Å²) < 4.78 is 72.1. The summed E-state index contributed by atoms with van der Waals surface area (Å²) in [6.45, 7) is 0.805. The highest BCUT2D eigenvalue weighted by atomic mass is 32.2. The number of carbonyl (C=O) groups is 2. The predicted molar refractivity (Wildman–Crippen MR) is 128 cm³/mol. The van der Waals surface area contributed by atoms with Gasteiger partial charge in [0.25, 0.3) is 10.0 Å². The van der Waals surface area contributed by atoms with Gasteiger partial charge in [-0.2, -0.15) is 4.31 Å². The minimum atomic E-state index is -4.26. The molecule has 0 unspecified atom stereocenters. The number of imide groups is 1. The van der Waals surface area contributed by atoms with Crippen LogP contribution in [0.3, 0.4) is 0 Å². The lowest BCUT2D eigenvalue weighted by Crippen LogP contribution is -2.40. The smallest absolute Gasteiger partial charge is 0.261 e. The summed E-state index contributed by atoms with van der Waals surface area (Å²) in [6, 6.07) is 7.66. The fraction of sp³-hybridized carbons (Fsp3) is 0.364. The molecular formula is C22H25N3O9S2. The van der Waals surface area contributed by atoms with Crippen LogP contribution in [0.4, 0.5) is 11.4 Å². The Morgan fingerprint density at radius 1 is 0.861 bits per heavy atom. The Kier molecular flexibility index (Phi) is 7.22. The van der Waals surface area contributed by atoms with Crippen molar-refractivity contribution in [2.45, 2.75) is 22.6 Å². The third kappa shape index (κ3) is 4.89. The molecule has 2 aromatic rings. The van der Waals surface area contributed by atoms with Crippen molar-refractivity contribution in [3.05, 3.63) is 36.4 Å². The van der Waals surface area contributed by atoms with E-state index in [0.717, 1.165) is 11.0 Å². The zero-order valence-corrected chi connectivity index (χ0v) is 21.2. The van der Waals surface area contributed by atoms with Gasteiger partial charge in [0.05, 0.1) is 43.7 Å². The quantitative estimate of drug-likeness (QED) is 0.488. The molecule has 0 bridgehead atoms. The molecule has 0 radical (unpaired) electrons. The number of morpholine rings is 1. The highest BCUT2D eigenvalue weighted by molar-refractivity contribution is 7.92. The van der Waals surface area contributed by atoms with E-state index >= 15 is 0 Å². The number of sulfonamides is 2. The molecule has 2 aromatic carbocycles. The van der Waals surface area contributed by atoms with Crippen LogP contribution in [0.25, 0.3) is 0 Å². The van der Waals surface area contributed by atoms with Gasteiger partial charge >= 0.3 is 0 Å². The van der Waals surface area contributed by atoms with Gasteiger partial charge < -0.3 is 14.2 Å². The number of nitrogens with one attached hydrogen (secondary N) is 1. The number of ether oxygens (including phenoxy) is 3. The molecule has 12 nitrogen and oxygen atoms in total. The molecule has 14 heteroatoms. The van der Waals surface area contributed by atoms with Crippen LogP contribution in [0.2, 0.25) is 0 Å². The summed E-state index contributed by atoms with van der Waals surface area (Å²) in [5, 5.41) is 0. The molecule has 0 aliphatic carbocycles. The van der Waals surface area contributed by atoms with E-state index in [9.17, 15) is 26.4 Å². The second-order valence-corrected chi connectivity index (χ2v) is 11.5. The van der Waals surface area contributed by atoms with Gasteiger partial charge in [-0.05, 0) is 36.4 Å². The SMILES string of the molecule is COc1ccc(S(=O)(=O)Nc2ccc(OC)c(S(=O)(=O)N3CCOCC3)c2)cc1N1C(=O)CCC1=O. The van der Waals surface area contributed by atoms with Gasteiger partial charge in [0.1, 0.15) is 16.4 Å². The molecule has 0 spiro atoms.